The minimum Gasteiger partial charge on any atom is -0.350 e. The van der Waals surface area contributed by atoms with Crippen molar-refractivity contribution < 1.29 is 26.8 Å². The minimum absolute atomic E-state index is 0.0848. The van der Waals surface area contributed by atoms with Crippen LogP contribution in [0.4, 0.5) is 4.79 Å². The van der Waals surface area contributed by atoms with E-state index >= 15 is 0 Å². The largest absolute Gasteiger partial charge is 0.418 e. The van der Waals surface area contributed by atoms with E-state index in [-0.39, 0.29) is 12.5 Å². The maximum Gasteiger partial charge on any atom is 0.418 e. The fourth-order valence-corrected chi connectivity index (χ4v) is 4.77. The number of hydroxylamine groups is 2. The zero-order valence-corrected chi connectivity index (χ0v) is 15.4. The number of amides is 3. The standard InChI is InChI=1S/C16H15N3O6S2/c20-15(17-8-10-4-2-1-3-5-10)13-14-11(6-7-26-14)12-9-18(13)16(21)19(12)25-27(22,23)24/h1-7,12-13H,8-9H2,(H,17,20)(H,22,23,24)/t12-,13+/m1/s1. The molecular weight excluding hydrogens is 394 g/mol. The van der Waals surface area contributed by atoms with Crippen molar-refractivity contribution in [1.82, 2.24) is 15.3 Å². The topological polar surface area (TPSA) is 116 Å². The predicted octanol–water partition coefficient (Wildman–Crippen LogP) is 1.63. The first-order valence-corrected chi connectivity index (χ1v) is 10.3. The molecule has 0 aliphatic carbocycles. The van der Waals surface area contributed by atoms with Crippen molar-refractivity contribution in [3.05, 3.63) is 57.8 Å². The Hall–Kier alpha value is -2.47. The van der Waals surface area contributed by atoms with Gasteiger partial charge >= 0.3 is 16.4 Å². The predicted molar refractivity (Wildman–Crippen MR) is 94.7 cm³/mol. The maximum atomic E-state index is 12.8. The summed E-state index contributed by atoms with van der Waals surface area (Å²) in [7, 11) is -4.87. The van der Waals surface area contributed by atoms with Gasteiger partial charge in [0.05, 0.1) is 6.54 Å². The average molecular weight is 409 g/mol. The highest BCUT2D eigenvalue weighted by Gasteiger charge is 2.52. The monoisotopic (exact) mass is 409 g/mol. The molecule has 2 aliphatic heterocycles. The number of rotatable bonds is 5. The van der Waals surface area contributed by atoms with Crippen LogP contribution in [-0.2, 0) is 26.0 Å². The van der Waals surface area contributed by atoms with E-state index < -0.39 is 28.5 Å². The summed E-state index contributed by atoms with van der Waals surface area (Å²) in [5.41, 5.74) is 1.54. The number of nitrogens with zero attached hydrogens (tertiary/aromatic N) is 2. The maximum absolute atomic E-state index is 12.8. The Labute approximate surface area is 159 Å². The summed E-state index contributed by atoms with van der Waals surface area (Å²) in [5.74, 6) is -0.372. The molecular formula is C16H15N3O6S2. The van der Waals surface area contributed by atoms with E-state index in [0.717, 1.165) is 5.56 Å². The van der Waals surface area contributed by atoms with Crippen molar-refractivity contribution in [3.8, 4) is 0 Å². The van der Waals surface area contributed by atoms with Crippen LogP contribution in [0.2, 0.25) is 0 Å². The first-order valence-electron chi connectivity index (χ1n) is 8.01. The molecule has 3 amide bonds. The van der Waals surface area contributed by atoms with Gasteiger partial charge in [-0.25, -0.2) is 4.79 Å². The van der Waals surface area contributed by atoms with E-state index in [4.69, 9.17) is 4.55 Å². The summed E-state index contributed by atoms with van der Waals surface area (Å²) >= 11 is 1.30. The van der Waals surface area contributed by atoms with Crippen molar-refractivity contribution in [1.29, 1.82) is 0 Å². The van der Waals surface area contributed by atoms with Crippen molar-refractivity contribution in [3.63, 3.8) is 0 Å². The summed E-state index contributed by atoms with van der Waals surface area (Å²) in [6.07, 6.45) is 0. The Kier molecular flexibility index (Phi) is 4.38. The normalized spacial score (nSPS) is 21.3. The molecule has 2 N–H and O–H groups in total. The second-order valence-electron chi connectivity index (χ2n) is 6.12. The lowest BCUT2D eigenvalue weighted by molar-refractivity contribution is -0.125. The number of carbonyl (C=O) groups is 2. The third-order valence-electron chi connectivity index (χ3n) is 4.47. The highest BCUT2D eigenvalue weighted by Crippen LogP contribution is 2.46. The molecule has 2 bridgehead atoms. The fraction of sp³-hybridized carbons (Fsp3) is 0.250. The van der Waals surface area contributed by atoms with Gasteiger partial charge in [0.25, 0.3) is 0 Å². The summed E-state index contributed by atoms with van der Waals surface area (Å²) in [5, 5.41) is 5.18. The van der Waals surface area contributed by atoms with Gasteiger partial charge in [0, 0.05) is 11.4 Å². The van der Waals surface area contributed by atoms with Gasteiger partial charge in [0.1, 0.15) is 12.1 Å². The van der Waals surface area contributed by atoms with Crippen LogP contribution >= 0.6 is 11.3 Å². The quantitative estimate of drug-likeness (QED) is 0.725. The van der Waals surface area contributed by atoms with Gasteiger partial charge in [-0.15, -0.1) is 15.6 Å². The molecule has 0 radical (unpaired) electrons. The fourth-order valence-electron chi connectivity index (χ4n) is 3.34. The van der Waals surface area contributed by atoms with E-state index in [0.29, 0.717) is 22.0 Å². The average Bonchev–Trinajstić information content (AvgIpc) is 3.20. The minimum atomic E-state index is -4.87. The van der Waals surface area contributed by atoms with Crippen LogP contribution in [0.25, 0.3) is 0 Å². The van der Waals surface area contributed by atoms with Gasteiger partial charge in [0.2, 0.25) is 5.91 Å². The van der Waals surface area contributed by atoms with E-state index in [1.54, 1.807) is 11.4 Å². The Balaban J connectivity index is 1.60. The molecule has 3 heterocycles. The lowest BCUT2D eigenvalue weighted by Gasteiger charge is -2.29. The molecule has 1 saturated heterocycles. The van der Waals surface area contributed by atoms with Crippen LogP contribution in [0.15, 0.2) is 41.8 Å². The van der Waals surface area contributed by atoms with Crippen molar-refractivity contribution in [2.24, 2.45) is 0 Å². The van der Waals surface area contributed by atoms with Crippen LogP contribution in [-0.4, -0.2) is 41.4 Å². The summed E-state index contributed by atoms with van der Waals surface area (Å²) in [4.78, 5) is 27.3. The number of nitrogens with one attached hydrogen (secondary N) is 1. The molecule has 142 valence electrons. The molecule has 1 fully saturated rings. The Bertz CT molecular complexity index is 991. The van der Waals surface area contributed by atoms with Crippen molar-refractivity contribution in [2.75, 3.05) is 6.54 Å². The molecule has 2 aromatic rings. The van der Waals surface area contributed by atoms with E-state index in [9.17, 15) is 18.0 Å². The number of fused-ring (bicyclic) bond motifs is 4. The van der Waals surface area contributed by atoms with Gasteiger partial charge < -0.3 is 10.2 Å². The molecule has 1 aromatic carbocycles. The van der Waals surface area contributed by atoms with Crippen LogP contribution in [0, 0.1) is 0 Å². The summed E-state index contributed by atoms with van der Waals surface area (Å²) in [6, 6.07) is 8.67. The molecule has 0 spiro atoms. The molecule has 27 heavy (non-hydrogen) atoms. The number of carbonyl (C=O) groups excluding carboxylic acids is 2. The molecule has 1 aromatic heterocycles. The first-order chi connectivity index (χ1) is 12.8. The van der Waals surface area contributed by atoms with Crippen LogP contribution in [0.5, 0.6) is 0 Å². The SMILES string of the molecule is O=C(NCc1ccccc1)[C@@H]1c2sccc2[C@H]2CN1C(=O)N2OS(=O)(=O)O. The summed E-state index contributed by atoms with van der Waals surface area (Å²) in [6.45, 7) is 0.384. The third kappa shape index (κ3) is 3.30. The van der Waals surface area contributed by atoms with Gasteiger partial charge in [-0.05, 0) is 22.6 Å². The van der Waals surface area contributed by atoms with Crippen LogP contribution in [0.3, 0.4) is 0 Å². The van der Waals surface area contributed by atoms with Gasteiger partial charge in [-0.3, -0.25) is 9.35 Å². The smallest absolute Gasteiger partial charge is 0.350 e. The van der Waals surface area contributed by atoms with Crippen LogP contribution < -0.4 is 5.32 Å². The molecule has 2 aliphatic rings. The lowest BCUT2D eigenvalue weighted by atomic mass is 9.99. The molecule has 0 saturated carbocycles. The Morgan fingerprint density at radius 2 is 2.04 bits per heavy atom. The Morgan fingerprint density at radius 1 is 1.30 bits per heavy atom. The highest BCUT2D eigenvalue weighted by atomic mass is 32.3. The molecule has 11 heteroatoms. The molecule has 2 atom stereocenters. The highest BCUT2D eigenvalue weighted by molar-refractivity contribution is 7.80. The molecule has 0 unspecified atom stereocenters. The second-order valence-corrected chi connectivity index (χ2v) is 8.08. The Morgan fingerprint density at radius 3 is 2.74 bits per heavy atom. The van der Waals surface area contributed by atoms with E-state index in [1.807, 2.05) is 30.3 Å². The molecule has 4 rings (SSSR count). The van der Waals surface area contributed by atoms with Gasteiger partial charge in [0.15, 0.2) is 0 Å². The first kappa shape index (κ1) is 17.9. The number of urea groups is 1. The van der Waals surface area contributed by atoms with Crippen LogP contribution in [0.1, 0.15) is 28.1 Å². The molecule has 9 nitrogen and oxygen atoms in total. The number of benzene rings is 1. The zero-order chi connectivity index (χ0) is 19.2. The van der Waals surface area contributed by atoms with Crippen molar-refractivity contribution >= 4 is 33.7 Å². The summed E-state index contributed by atoms with van der Waals surface area (Å²) < 4.78 is 35.6. The number of hydrogen-bond acceptors (Lipinski definition) is 6. The second kappa shape index (κ2) is 6.60. The number of hydrogen-bond donors (Lipinski definition) is 2. The third-order valence-corrected chi connectivity index (χ3v) is 5.80. The van der Waals surface area contributed by atoms with Gasteiger partial charge in [-0.1, -0.05) is 30.3 Å². The lowest BCUT2D eigenvalue weighted by Crippen LogP contribution is -2.43. The van der Waals surface area contributed by atoms with Crippen molar-refractivity contribution in [2.45, 2.75) is 18.6 Å². The van der Waals surface area contributed by atoms with E-state index in [1.165, 1.54) is 16.2 Å². The number of thiophene rings is 1. The van der Waals surface area contributed by atoms with Gasteiger partial charge in [-0.2, -0.15) is 13.5 Å². The zero-order valence-electron chi connectivity index (χ0n) is 13.8. The van der Waals surface area contributed by atoms with E-state index in [2.05, 4.69) is 9.60 Å².